The Labute approximate surface area is 159 Å². The smallest absolute Gasteiger partial charge is 0.319 e. The standard InChI is InChI=1S/C20H24N2O4S/c1-26-17-6-4-5-15(13-17)14-21-20(23)22-16-9-11-19(12-10-16)27(24,25)18-7-2-3-8-18/h4-6,9-13,18H,2-3,7-8,14H2,1H3,(H2,21,22,23). The van der Waals surface area contributed by atoms with Crippen LogP contribution in [0.25, 0.3) is 0 Å². The fourth-order valence-electron chi connectivity index (χ4n) is 3.26. The molecule has 2 aromatic rings. The van der Waals surface area contributed by atoms with Gasteiger partial charge in [0.15, 0.2) is 9.84 Å². The number of anilines is 1. The number of carbonyl (C=O) groups excluding carboxylic acids is 1. The first-order chi connectivity index (χ1) is 13.0. The molecule has 144 valence electrons. The Morgan fingerprint density at radius 3 is 2.48 bits per heavy atom. The minimum Gasteiger partial charge on any atom is -0.497 e. The number of methoxy groups -OCH3 is 1. The van der Waals surface area contributed by atoms with E-state index < -0.39 is 9.84 Å². The van der Waals surface area contributed by atoms with Crippen molar-refractivity contribution < 1.29 is 17.9 Å². The average Bonchev–Trinajstić information content (AvgIpc) is 3.23. The van der Waals surface area contributed by atoms with Crippen molar-refractivity contribution in [3.05, 3.63) is 54.1 Å². The third-order valence-electron chi connectivity index (χ3n) is 4.77. The SMILES string of the molecule is COc1cccc(CNC(=O)Nc2ccc(S(=O)(=O)C3CCCC3)cc2)c1. The number of nitrogens with one attached hydrogen (secondary N) is 2. The summed E-state index contributed by atoms with van der Waals surface area (Å²) in [4.78, 5) is 12.4. The zero-order valence-corrected chi connectivity index (χ0v) is 16.1. The molecule has 0 aromatic heterocycles. The molecule has 0 radical (unpaired) electrons. The van der Waals surface area contributed by atoms with Crippen LogP contribution < -0.4 is 15.4 Å². The molecular formula is C20H24N2O4S. The van der Waals surface area contributed by atoms with Crippen LogP contribution in [-0.4, -0.2) is 26.8 Å². The van der Waals surface area contributed by atoms with E-state index in [2.05, 4.69) is 10.6 Å². The molecule has 1 aliphatic carbocycles. The third kappa shape index (κ3) is 4.80. The lowest BCUT2D eigenvalue weighted by Gasteiger charge is -2.12. The van der Waals surface area contributed by atoms with E-state index in [1.165, 1.54) is 0 Å². The summed E-state index contributed by atoms with van der Waals surface area (Å²) in [7, 11) is -1.68. The van der Waals surface area contributed by atoms with E-state index in [1.54, 1.807) is 31.4 Å². The Morgan fingerprint density at radius 2 is 1.81 bits per heavy atom. The molecule has 1 saturated carbocycles. The number of hydrogen-bond acceptors (Lipinski definition) is 4. The molecule has 0 spiro atoms. The van der Waals surface area contributed by atoms with Gasteiger partial charge in [-0.05, 0) is 54.8 Å². The topological polar surface area (TPSA) is 84.5 Å². The second kappa shape index (κ2) is 8.43. The molecule has 6 nitrogen and oxygen atoms in total. The van der Waals surface area contributed by atoms with Crippen LogP contribution >= 0.6 is 0 Å². The lowest BCUT2D eigenvalue weighted by molar-refractivity contribution is 0.251. The molecule has 0 atom stereocenters. The number of hydrogen-bond donors (Lipinski definition) is 2. The molecule has 0 unspecified atom stereocenters. The first-order valence-corrected chi connectivity index (χ1v) is 10.6. The molecule has 3 rings (SSSR count). The van der Waals surface area contributed by atoms with Crippen molar-refractivity contribution in [3.8, 4) is 5.75 Å². The summed E-state index contributed by atoms with van der Waals surface area (Å²) in [6.07, 6.45) is 3.40. The summed E-state index contributed by atoms with van der Waals surface area (Å²) in [6.45, 7) is 0.358. The van der Waals surface area contributed by atoms with E-state index in [-0.39, 0.29) is 11.3 Å². The Bertz CT molecular complexity index is 888. The van der Waals surface area contributed by atoms with E-state index in [0.29, 0.717) is 17.1 Å². The van der Waals surface area contributed by atoms with Gasteiger partial charge in [-0.2, -0.15) is 0 Å². The van der Waals surface area contributed by atoms with Crippen LogP contribution in [0.3, 0.4) is 0 Å². The second-order valence-corrected chi connectivity index (χ2v) is 8.86. The van der Waals surface area contributed by atoms with Gasteiger partial charge < -0.3 is 15.4 Å². The lowest BCUT2D eigenvalue weighted by Crippen LogP contribution is -2.28. The van der Waals surface area contributed by atoms with Crippen molar-refractivity contribution >= 4 is 21.6 Å². The Balaban J connectivity index is 1.56. The molecule has 0 saturated heterocycles. The summed E-state index contributed by atoms with van der Waals surface area (Å²) < 4.78 is 30.3. The second-order valence-electron chi connectivity index (χ2n) is 6.64. The van der Waals surface area contributed by atoms with Gasteiger partial charge in [-0.3, -0.25) is 0 Å². The summed E-state index contributed by atoms with van der Waals surface area (Å²) >= 11 is 0. The van der Waals surface area contributed by atoms with Crippen molar-refractivity contribution in [2.45, 2.75) is 42.4 Å². The highest BCUT2D eigenvalue weighted by Gasteiger charge is 2.30. The normalized spacial score (nSPS) is 14.7. The highest BCUT2D eigenvalue weighted by molar-refractivity contribution is 7.92. The minimum atomic E-state index is -3.28. The van der Waals surface area contributed by atoms with Crippen LogP contribution in [0, 0.1) is 0 Å². The van der Waals surface area contributed by atoms with E-state index in [0.717, 1.165) is 37.0 Å². The first kappa shape index (κ1) is 19.2. The molecule has 2 amide bonds. The van der Waals surface area contributed by atoms with Gasteiger partial charge in [-0.1, -0.05) is 25.0 Å². The number of rotatable bonds is 6. The number of amides is 2. The van der Waals surface area contributed by atoms with Crippen molar-refractivity contribution in [2.24, 2.45) is 0 Å². The van der Waals surface area contributed by atoms with Gasteiger partial charge in [0, 0.05) is 12.2 Å². The Kier molecular flexibility index (Phi) is 6.01. The minimum absolute atomic E-state index is 0.275. The highest BCUT2D eigenvalue weighted by atomic mass is 32.2. The quantitative estimate of drug-likeness (QED) is 0.790. The van der Waals surface area contributed by atoms with E-state index in [9.17, 15) is 13.2 Å². The molecular weight excluding hydrogens is 364 g/mol. The van der Waals surface area contributed by atoms with Crippen LogP contribution in [0.2, 0.25) is 0 Å². The molecule has 0 heterocycles. The van der Waals surface area contributed by atoms with Crippen molar-refractivity contribution in [1.82, 2.24) is 5.32 Å². The maximum Gasteiger partial charge on any atom is 0.319 e. The Morgan fingerprint density at radius 1 is 1.11 bits per heavy atom. The zero-order valence-electron chi connectivity index (χ0n) is 15.3. The summed E-state index contributed by atoms with van der Waals surface area (Å²) in [5.74, 6) is 0.730. The highest BCUT2D eigenvalue weighted by Crippen LogP contribution is 2.30. The van der Waals surface area contributed by atoms with E-state index in [4.69, 9.17) is 4.74 Å². The molecule has 0 aliphatic heterocycles. The predicted molar refractivity (Wildman–Crippen MR) is 105 cm³/mol. The molecule has 7 heteroatoms. The summed E-state index contributed by atoms with van der Waals surface area (Å²) in [5, 5.41) is 5.20. The lowest BCUT2D eigenvalue weighted by atomic mass is 10.2. The largest absolute Gasteiger partial charge is 0.497 e. The van der Waals surface area contributed by atoms with Crippen molar-refractivity contribution in [1.29, 1.82) is 0 Å². The Hall–Kier alpha value is -2.54. The summed E-state index contributed by atoms with van der Waals surface area (Å²) in [6, 6.07) is 13.4. The van der Waals surface area contributed by atoms with Gasteiger partial charge in [-0.25, -0.2) is 13.2 Å². The van der Waals surface area contributed by atoms with Crippen LogP contribution in [0.15, 0.2) is 53.4 Å². The van der Waals surface area contributed by atoms with Gasteiger partial charge in [0.1, 0.15) is 5.75 Å². The molecule has 1 fully saturated rings. The number of urea groups is 1. The zero-order chi connectivity index (χ0) is 19.3. The number of carbonyl (C=O) groups is 1. The molecule has 2 N–H and O–H groups in total. The maximum atomic E-state index is 12.6. The molecule has 2 aromatic carbocycles. The van der Waals surface area contributed by atoms with Gasteiger partial charge >= 0.3 is 6.03 Å². The molecule has 1 aliphatic rings. The van der Waals surface area contributed by atoms with Crippen LogP contribution in [0.1, 0.15) is 31.2 Å². The van der Waals surface area contributed by atoms with Crippen LogP contribution in [0.4, 0.5) is 10.5 Å². The maximum absolute atomic E-state index is 12.6. The van der Waals surface area contributed by atoms with Crippen molar-refractivity contribution in [3.63, 3.8) is 0 Å². The predicted octanol–water partition coefficient (Wildman–Crippen LogP) is 3.73. The van der Waals surface area contributed by atoms with Crippen LogP contribution in [0.5, 0.6) is 5.75 Å². The molecule has 0 bridgehead atoms. The number of ether oxygens (including phenoxy) is 1. The first-order valence-electron chi connectivity index (χ1n) is 9.01. The van der Waals surface area contributed by atoms with E-state index in [1.807, 2.05) is 24.3 Å². The number of sulfone groups is 1. The van der Waals surface area contributed by atoms with Gasteiger partial charge in [-0.15, -0.1) is 0 Å². The van der Waals surface area contributed by atoms with Gasteiger partial charge in [0.2, 0.25) is 0 Å². The fourth-order valence-corrected chi connectivity index (χ4v) is 5.11. The average molecular weight is 388 g/mol. The van der Waals surface area contributed by atoms with E-state index >= 15 is 0 Å². The van der Waals surface area contributed by atoms with Crippen molar-refractivity contribution in [2.75, 3.05) is 12.4 Å². The summed E-state index contributed by atoms with van der Waals surface area (Å²) in [5.41, 5.74) is 1.46. The van der Waals surface area contributed by atoms with Crippen LogP contribution in [-0.2, 0) is 16.4 Å². The van der Waals surface area contributed by atoms with Gasteiger partial charge in [0.25, 0.3) is 0 Å². The monoisotopic (exact) mass is 388 g/mol. The third-order valence-corrected chi connectivity index (χ3v) is 7.05. The van der Waals surface area contributed by atoms with Gasteiger partial charge in [0.05, 0.1) is 17.3 Å². The fraction of sp³-hybridized carbons (Fsp3) is 0.350. The molecule has 27 heavy (non-hydrogen) atoms. The number of benzene rings is 2.